The van der Waals surface area contributed by atoms with Gasteiger partial charge >= 0.3 is 0 Å². The van der Waals surface area contributed by atoms with E-state index in [9.17, 15) is 14.0 Å². The van der Waals surface area contributed by atoms with Crippen LogP contribution in [0.2, 0.25) is 0 Å². The second-order valence-corrected chi connectivity index (χ2v) is 7.36. The molecule has 0 aliphatic carbocycles. The molecule has 0 aliphatic heterocycles. The zero-order chi connectivity index (χ0) is 22.8. The first kappa shape index (κ1) is 24.2. The number of ether oxygens (including phenoxy) is 2. The summed E-state index contributed by atoms with van der Waals surface area (Å²) in [5.41, 5.74) is 0.837. The Balaban J connectivity index is 2.22. The van der Waals surface area contributed by atoms with Gasteiger partial charge in [0.2, 0.25) is 5.91 Å². The molecule has 0 spiro atoms. The molecule has 2 amide bonds. The van der Waals surface area contributed by atoms with Crippen LogP contribution >= 0.6 is 0 Å². The maximum absolute atomic E-state index is 13.1. The normalized spacial score (nSPS) is 12.5. The lowest BCUT2D eigenvalue weighted by molar-refractivity contribution is -0.143. The molecule has 0 aliphatic rings. The number of amides is 2. The molecule has 1 N–H and O–H groups in total. The highest BCUT2D eigenvalue weighted by Crippen LogP contribution is 2.18. The molecule has 2 aromatic rings. The maximum Gasteiger partial charge on any atom is 0.261 e. The summed E-state index contributed by atoms with van der Waals surface area (Å²) in [5, 5.41) is 2.96. The minimum atomic E-state index is -0.649. The number of rotatable bonds is 11. The molecule has 0 radical (unpaired) electrons. The molecule has 0 fully saturated rings. The fourth-order valence-corrected chi connectivity index (χ4v) is 3.09. The molecule has 6 nitrogen and oxygen atoms in total. The van der Waals surface area contributed by atoms with Crippen LogP contribution in [0.5, 0.6) is 11.5 Å². The third-order valence-electron chi connectivity index (χ3n) is 5.05. The van der Waals surface area contributed by atoms with E-state index in [-0.39, 0.29) is 36.8 Å². The number of halogens is 1. The van der Waals surface area contributed by atoms with E-state index in [2.05, 4.69) is 5.32 Å². The molecule has 7 heteroatoms. The lowest BCUT2D eigenvalue weighted by Crippen LogP contribution is -2.51. The average molecular weight is 431 g/mol. The van der Waals surface area contributed by atoms with Gasteiger partial charge in [-0.1, -0.05) is 26.0 Å². The number of hydrogen-bond donors (Lipinski definition) is 1. The highest BCUT2D eigenvalue weighted by molar-refractivity contribution is 5.88. The van der Waals surface area contributed by atoms with Crippen LogP contribution in [0.4, 0.5) is 4.39 Å². The second-order valence-electron chi connectivity index (χ2n) is 7.36. The first-order valence-electron chi connectivity index (χ1n) is 10.5. The Hall–Kier alpha value is -3.09. The van der Waals surface area contributed by atoms with Crippen LogP contribution in [0.1, 0.15) is 39.2 Å². The molecule has 0 bridgehead atoms. The van der Waals surface area contributed by atoms with Crippen molar-refractivity contribution in [3.8, 4) is 11.5 Å². The number of carbonyl (C=O) groups excluding carboxylic acids is 2. The minimum absolute atomic E-state index is 0.00536. The standard InChI is InChI=1S/C24H31FN2O4/c1-5-17(3)26-24(29)22(6-2)27(15-18-8-7-9-21(14-18)30-4)23(28)16-31-20-12-10-19(25)11-13-20/h7-14,17,22H,5-6,15-16H2,1-4H3,(H,26,29)/t17-,22+/m1/s1. The van der Waals surface area contributed by atoms with Gasteiger partial charge in [-0.15, -0.1) is 0 Å². The molecular formula is C24H31FN2O4. The highest BCUT2D eigenvalue weighted by atomic mass is 19.1. The monoisotopic (exact) mass is 430 g/mol. The van der Waals surface area contributed by atoms with Crippen LogP contribution in [0.25, 0.3) is 0 Å². The SMILES string of the molecule is CC[C@@H](C)NC(=O)[C@H](CC)N(Cc1cccc(OC)c1)C(=O)COc1ccc(F)cc1. The number of nitrogens with one attached hydrogen (secondary N) is 1. The van der Waals surface area contributed by atoms with Gasteiger partial charge in [0, 0.05) is 12.6 Å². The summed E-state index contributed by atoms with van der Waals surface area (Å²) in [7, 11) is 1.58. The molecule has 31 heavy (non-hydrogen) atoms. The van der Waals surface area contributed by atoms with Gasteiger partial charge in [0.15, 0.2) is 6.61 Å². The van der Waals surface area contributed by atoms with Gasteiger partial charge in [-0.05, 0) is 61.7 Å². The van der Waals surface area contributed by atoms with Crippen molar-refractivity contribution in [1.29, 1.82) is 0 Å². The van der Waals surface area contributed by atoms with E-state index < -0.39 is 6.04 Å². The number of carbonyl (C=O) groups is 2. The van der Waals surface area contributed by atoms with Crippen LogP contribution in [0, 0.1) is 5.82 Å². The van der Waals surface area contributed by atoms with E-state index in [1.165, 1.54) is 29.2 Å². The molecule has 2 aromatic carbocycles. The van der Waals surface area contributed by atoms with Crippen molar-refractivity contribution in [2.24, 2.45) is 0 Å². The average Bonchev–Trinajstić information content (AvgIpc) is 2.78. The van der Waals surface area contributed by atoms with Gasteiger partial charge in [0.25, 0.3) is 5.91 Å². The molecule has 0 saturated carbocycles. The predicted molar refractivity (Wildman–Crippen MR) is 117 cm³/mol. The largest absolute Gasteiger partial charge is 0.497 e. The summed E-state index contributed by atoms with van der Waals surface area (Å²) in [4.78, 5) is 27.5. The zero-order valence-corrected chi connectivity index (χ0v) is 18.6. The molecule has 2 rings (SSSR count). The number of methoxy groups -OCH3 is 1. The van der Waals surface area contributed by atoms with Crippen LogP contribution in [-0.4, -0.2) is 42.5 Å². The third kappa shape index (κ3) is 7.27. The Morgan fingerprint density at radius 1 is 1.06 bits per heavy atom. The Bertz CT molecular complexity index is 857. The fraction of sp³-hybridized carbons (Fsp3) is 0.417. The van der Waals surface area contributed by atoms with Gasteiger partial charge in [0.05, 0.1) is 7.11 Å². The smallest absolute Gasteiger partial charge is 0.261 e. The summed E-state index contributed by atoms with van der Waals surface area (Å²) >= 11 is 0. The van der Waals surface area contributed by atoms with Crippen molar-refractivity contribution in [1.82, 2.24) is 10.2 Å². The van der Waals surface area contributed by atoms with Crippen molar-refractivity contribution in [3.63, 3.8) is 0 Å². The molecular weight excluding hydrogens is 399 g/mol. The molecule has 0 unspecified atom stereocenters. The van der Waals surface area contributed by atoms with E-state index >= 15 is 0 Å². The summed E-state index contributed by atoms with van der Waals surface area (Å²) in [6.07, 6.45) is 1.24. The number of nitrogens with zero attached hydrogens (tertiary/aromatic N) is 1. The van der Waals surface area contributed by atoms with Gasteiger partial charge in [-0.2, -0.15) is 0 Å². The zero-order valence-electron chi connectivity index (χ0n) is 18.6. The summed E-state index contributed by atoms with van der Waals surface area (Å²) < 4.78 is 23.9. The summed E-state index contributed by atoms with van der Waals surface area (Å²) in [5.74, 6) is 0.136. The maximum atomic E-state index is 13.1. The Morgan fingerprint density at radius 2 is 1.77 bits per heavy atom. The van der Waals surface area contributed by atoms with Crippen molar-refractivity contribution in [2.45, 2.75) is 52.2 Å². The second kappa shape index (κ2) is 11.9. The molecule has 0 heterocycles. The summed E-state index contributed by atoms with van der Waals surface area (Å²) in [6, 6.07) is 12.2. The van der Waals surface area contributed by atoms with Crippen molar-refractivity contribution >= 4 is 11.8 Å². The van der Waals surface area contributed by atoms with E-state index in [1.54, 1.807) is 7.11 Å². The molecule has 168 valence electrons. The fourth-order valence-electron chi connectivity index (χ4n) is 3.09. The van der Waals surface area contributed by atoms with Gasteiger partial charge in [-0.25, -0.2) is 4.39 Å². The van der Waals surface area contributed by atoms with E-state index in [0.29, 0.717) is 17.9 Å². The Labute approximate surface area is 183 Å². The molecule has 0 saturated heterocycles. The van der Waals surface area contributed by atoms with Crippen molar-refractivity contribution in [2.75, 3.05) is 13.7 Å². The molecule has 0 aromatic heterocycles. The Kier molecular flexibility index (Phi) is 9.31. The summed E-state index contributed by atoms with van der Waals surface area (Å²) in [6.45, 7) is 5.75. The van der Waals surface area contributed by atoms with Crippen LogP contribution in [0.15, 0.2) is 48.5 Å². The van der Waals surface area contributed by atoms with Gasteiger partial charge in [-0.3, -0.25) is 9.59 Å². The van der Waals surface area contributed by atoms with Gasteiger partial charge < -0.3 is 19.7 Å². The topological polar surface area (TPSA) is 67.9 Å². The van der Waals surface area contributed by atoms with Crippen molar-refractivity contribution in [3.05, 3.63) is 59.9 Å². The van der Waals surface area contributed by atoms with E-state index in [0.717, 1.165) is 12.0 Å². The first-order valence-corrected chi connectivity index (χ1v) is 10.5. The van der Waals surface area contributed by atoms with Crippen LogP contribution in [-0.2, 0) is 16.1 Å². The quantitative estimate of drug-likeness (QED) is 0.586. The first-order chi connectivity index (χ1) is 14.9. The van der Waals surface area contributed by atoms with Crippen molar-refractivity contribution < 1.29 is 23.5 Å². The number of benzene rings is 2. The lowest BCUT2D eigenvalue weighted by atomic mass is 10.1. The lowest BCUT2D eigenvalue weighted by Gasteiger charge is -2.31. The number of hydrogen-bond acceptors (Lipinski definition) is 4. The predicted octanol–water partition coefficient (Wildman–Crippen LogP) is 3.94. The van der Waals surface area contributed by atoms with E-state index in [1.807, 2.05) is 45.0 Å². The third-order valence-corrected chi connectivity index (χ3v) is 5.05. The van der Waals surface area contributed by atoms with Gasteiger partial charge in [0.1, 0.15) is 23.4 Å². The minimum Gasteiger partial charge on any atom is -0.497 e. The van der Waals surface area contributed by atoms with Crippen LogP contribution < -0.4 is 14.8 Å². The van der Waals surface area contributed by atoms with E-state index in [4.69, 9.17) is 9.47 Å². The Morgan fingerprint density at radius 3 is 2.39 bits per heavy atom. The molecule has 2 atom stereocenters. The highest BCUT2D eigenvalue weighted by Gasteiger charge is 2.29. The van der Waals surface area contributed by atoms with Crippen LogP contribution in [0.3, 0.4) is 0 Å².